The number of ether oxygens (including phenoxy) is 2. The third-order valence-electron chi connectivity index (χ3n) is 6.36. The average molecular weight is 525 g/mol. The Labute approximate surface area is 220 Å². The van der Waals surface area contributed by atoms with Gasteiger partial charge in [0.25, 0.3) is 11.6 Å². The van der Waals surface area contributed by atoms with E-state index in [1.54, 1.807) is 55.5 Å². The summed E-state index contributed by atoms with van der Waals surface area (Å²) in [5, 5.41) is 15.4. The number of rotatable bonds is 9. The van der Waals surface area contributed by atoms with Gasteiger partial charge in [-0.3, -0.25) is 14.9 Å². The molecule has 0 spiro atoms. The normalized spacial score (nSPS) is 13.3. The zero-order valence-electron chi connectivity index (χ0n) is 20.8. The predicted molar refractivity (Wildman–Crippen MR) is 144 cm³/mol. The minimum atomic E-state index is -0.385. The highest BCUT2D eigenvalue weighted by Crippen LogP contribution is 2.31. The van der Waals surface area contributed by atoms with E-state index in [2.05, 4.69) is 10.2 Å². The Balaban J connectivity index is 1.40. The van der Waals surface area contributed by atoms with E-state index in [1.807, 2.05) is 18.2 Å². The summed E-state index contributed by atoms with van der Waals surface area (Å²) in [4.78, 5) is 28.0. The quantitative estimate of drug-likeness (QED) is 0.314. The molecule has 10 heteroatoms. The average Bonchev–Trinajstić information content (AvgIpc) is 2.92. The SMILES string of the molecule is COc1ccc(CCNc2cc(N3CCN(C(=O)c4cccc(Cl)c4)CC3)ccc2[N+](=O)[O-])cc1OC. The molecule has 194 valence electrons. The first-order valence-electron chi connectivity index (χ1n) is 11.9. The van der Waals surface area contributed by atoms with Crippen LogP contribution in [-0.4, -0.2) is 62.7 Å². The van der Waals surface area contributed by atoms with Gasteiger partial charge in [-0.15, -0.1) is 0 Å². The molecule has 0 aliphatic carbocycles. The monoisotopic (exact) mass is 524 g/mol. The van der Waals surface area contributed by atoms with Gasteiger partial charge in [-0.25, -0.2) is 0 Å². The molecule has 3 aromatic carbocycles. The number of methoxy groups -OCH3 is 2. The molecule has 0 saturated carbocycles. The molecule has 0 aromatic heterocycles. The number of nitrogens with zero attached hydrogens (tertiary/aromatic N) is 3. The number of halogens is 1. The summed E-state index contributed by atoms with van der Waals surface area (Å²) in [5.74, 6) is 1.24. The van der Waals surface area contributed by atoms with Crippen molar-refractivity contribution < 1.29 is 19.2 Å². The van der Waals surface area contributed by atoms with E-state index in [-0.39, 0.29) is 16.5 Å². The zero-order chi connectivity index (χ0) is 26.4. The van der Waals surface area contributed by atoms with Gasteiger partial charge >= 0.3 is 0 Å². The number of hydrogen-bond acceptors (Lipinski definition) is 7. The van der Waals surface area contributed by atoms with Gasteiger partial charge in [0.2, 0.25) is 0 Å². The van der Waals surface area contributed by atoms with Gasteiger partial charge in [-0.2, -0.15) is 0 Å². The molecule has 4 rings (SSSR count). The van der Waals surface area contributed by atoms with E-state index in [9.17, 15) is 14.9 Å². The lowest BCUT2D eigenvalue weighted by atomic mass is 10.1. The number of hydrogen-bond donors (Lipinski definition) is 1. The molecule has 0 bridgehead atoms. The van der Waals surface area contributed by atoms with Gasteiger partial charge in [-0.1, -0.05) is 23.7 Å². The third-order valence-corrected chi connectivity index (χ3v) is 6.59. The molecule has 0 radical (unpaired) electrons. The van der Waals surface area contributed by atoms with E-state index in [0.717, 1.165) is 11.3 Å². The van der Waals surface area contributed by atoms with E-state index in [4.69, 9.17) is 21.1 Å². The maximum Gasteiger partial charge on any atom is 0.292 e. The Kier molecular flexibility index (Phi) is 8.35. The molecular formula is C27H29ClN4O5. The fraction of sp³-hybridized carbons (Fsp3) is 0.296. The summed E-state index contributed by atoms with van der Waals surface area (Å²) in [7, 11) is 3.17. The summed E-state index contributed by atoms with van der Waals surface area (Å²) in [5.41, 5.74) is 2.93. The number of carbonyl (C=O) groups is 1. The van der Waals surface area contributed by atoms with Crippen LogP contribution in [0, 0.1) is 10.1 Å². The highest BCUT2D eigenvalue weighted by Gasteiger charge is 2.24. The summed E-state index contributed by atoms with van der Waals surface area (Å²) in [6.07, 6.45) is 0.645. The van der Waals surface area contributed by atoms with Crippen LogP contribution in [0.4, 0.5) is 17.1 Å². The number of nitro benzene ring substituents is 1. The molecular weight excluding hydrogens is 496 g/mol. The summed E-state index contributed by atoms with van der Waals surface area (Å²) in [6.45, 7) is 2.83. The molecule has 1 heterocycles. The maximum atomic E-state index is 12.8. The van der Waals surface area contributed by atoms with E-state index in [0.29, 0.717) is 66.9 Å². The highest BCUT2D eigenvalue weighted by atomic mass is 35.5. The largest absolute Gasteiger partial charge is 0.493 e. The van der Waals surface area contributed by atoms with Gasteiger partial charge in [0.1, 0.15) is 5.69 Å². The molecule has 1 amide bonds. The van der Waals surface area contributed by atoms with Crippen molar-refractivity contribution in [3.8, 4) is 11.5 Å². The first-order valence-corrected chi connectivity index (χ1v) is 12.3. The Morgan fingerprint density at radius 2 is 1.76 bits per heavy atom. The lowest BCUT2D eigenvalue weighted by Gasteiger charge is -2.36. The summed E-state index contributed by atoms with van der Waals surface area (Å²) >= 11 is 6.03. The van der Waals surface area contributed by atoms with Crippen LogP contribution in [0.25, 0.3) is 0 Å². The van der Waals surface area contributed by atoms with Crippen molar-refractivity contribution in [3.63, 3.8) is 0 Å². The summed E-state index contributed by atoms with van der Waals surface area (Å²) < 4.78 is 10.6. The zero-order valence-corrected chi connectivity index (χ0v) is 21.5. The van der Waals surface area contributed by atoms with Crippen molar-refractivity contribution in [1.82, 2.24) is 4.90 Å². The van der Waals surface area contributed by atoms with E-state index >= 15 is 0 Å². The van der Waals surface area contributed by atoms with E-state index in [1.165, 1.54) is 6.07 Å². The molecule has 1 aliphatic rings. The van der Waals surface area contributed by atoms with E-state index < -0.39 is 0 Å². The van der Waals surface area contributed by atoms with Crippen molar-refractivity contribution in [1.29, 1.82) is 0 Å². The number of amides is 1. The van der Waals surface area contributed by atoms with Crippen LogP contribution < -0.4 is 19.7 Å². The Bertz CT molecular complexity index is 1280. The Morgan fingerprint density at radius 3 is 2.43 bits per heavy atom. The first-order chi connectivity index (χ1) is 17.9. The smallest absolute Gasteiger partial charge is 0.292 e. The maximum absolute atomic E-state index is 12.8. The second-order valence-corrected chi connectivity index (χ2v) is 9.05. The van der Waals surface area contributed by atoms with Crippen LogP contribution in [-0.2, 0) is 6.42 Å². The van der Waals surface area contributed by atoms with Crippen molar-refractivity contribution >= 4 is 34.6 Å². The Hall–Kier alpha value is -3.98. The molecule has 0 atom stereocenters. The van der Waals surface area contributed by atoms with Gasteiger partial charge < -0.3 is 24.6 Å². The number of carbonyl (C=O) groups excluding carboxylic acids is 1. The molecule has 1 N–H and O–H groups in total. The topological polar surface area (TPSA) is 97.2 Å². The van der Waals surface area contributed by atoms with Gasteiger partial charge in [0.05, 0.1) is 19.1 Å². The van der Waals surface area contributed by atoms with Crippen molar-refractivity contribution in [2.75, 3.05) is 57.2 Å². The van der Waals surface area contributed by atoms with Crippen LogP contribution in [0.2, 0.25) is 5.02 Å². The lowest BCUT2D eigenvalue weighted by Crippen LogP contribution is -2.48. The molecule has 1 saturated heterocycles. The molecule has 3 aromatic rings. The number of nitro groups is 1. The fourth-order valence-corrected chi connectivity index (χ4v) is 4.56. The summed E-state index contributed by atoms with van der Waals surface area (Å²) in [6, 6.07) is 17.7. The third kappa shape index (κ3) is 6.24. The molecule has 37 heavy (non-hydrogen) atoms. The second kappa shape index (κ2) is 11.8. The van der Waals surface area contributed by atoms with Crippen molar-refractivity contribution in [3.05, 3.63) is 86.9 Å². The van der Waals surface area contributed by atoms with Gasteiger partial charge in [-0.05, 0) is 54.4 Å². The molecule has 0 unspecified atom stereocenters. The van der Waals surface area contributed by atoms with Gasteiger partial charge in [0.15, 0.2) is 11.5 Å². The highest BCUT2D eigenvalue weighted by molar-refractivity contribution is 6.30. The van der Waals surface area contributed by atoms with Crippen LogP contribution in [0.15, 0.2) is 60.7 Å². The fourth-order valence-electron chi connectivity index (χ4n) is 4.37. The van der Waals surface area contributed by atoms with Crippen molar-refractivity contribution in [2.24, 2.45) is 0 Å². The van der Waals surface area contributed by atoms with Crippen LogP contribution in [0.1, 0.15) is 15.9 Å². The molecule has 1 fully saturated rings. The molecule has 1 aliphatic heterocycles. The lowest BCUT2D eigenvalue weighted by molar-refractivity contribution is -0.383. The second-order valence-electron chi connectivity index (χ2n) is 8.61. The molecule has 9 nitrogen and oxygen atoms in total. The predicted octanol–water partition coefficient (Wildman–Crippen LogP) is 4.88. The number of piperazine rings is 1. The number of benzene rings is 3. The van der Waals surface area contributed by atoms with Gasteiger partial charge in [0, 0.05) is 55.1 Å². The van der Waals surface area contributed by atoms with Crippen LogP contribution in [0.5, 0.6) is 11.5 Å². The Morgan fingerprint density at radius 1 is 1.00 bits per heavy atom. The number of anilines is 2. The number of nitrogens with one attached hydrogen (secondary N) is 1. The van der Waals surface area contributed by atoms with Crippen molar-refractivity contribution in [2.45, 2.75) is 6.42 Å². The van der Waals surface area contributed by atoms with Crippen LogP contribution >= 0.6 is 11.6 Å². The van der Waals surface area contributed by atoms with Crippen LogP contribution in [0.3, 0.4) is 0 Å². The standard InChI is InChI=1S/C27H29ClN4O5/c1-36-25-9-6-19(16-26(25)37-2)10-11-29-23-18-22(7-8-24(23)32(34)35)30-12-14-31(15-13-30)27(33)20-4-3-5-21(28)17-20/h3-9,16-18,29H,10-15H2,1-2H3. The minimum Gasteiger partial charge on any atom is -0.493 e. The first kappa shape index (κ1) is 26.1. The minimum absolute atomic E-state index is 0.0193.